The highest BCUT2D eigenvalue weighted by Gasteiger charge is 2.29. The molecule has 0 saturated carbocycles. The first-order valence-corrected chi connectivity index (χ1v) is 9.22. The number of likely N-dealkylation sites (N-methyl/N-ethyl adjacent to an activating group) is 1. The van der Waals surface area contributed by atoms with Crippen LogP contribution in [0.5, 0.6) is 5.75 Å². The summed E-state index contributed by atoms with van der Waals surface area (Å²) in [4.78, 5) is 25.3. The largest absolute Gasteiger partial charge is 0.496 e. The number of aromatic nitrogens is 2. The monoisotopic (exact) mass is 389 g/mol. The minimum Gasteiger partial charge on any atom is -0.496 e. The molecule has 1 aromatic carbocycles. The van der Waals surface area contributed by atoms with E-state index in [-0.39, 0.29) is 18.4 Å². The summed E-state index contributed by atoms with van der Waals surface area (Å²) in [7, 11) is 3.60. The maximum Gasteiger partial charge on any atom is 0.227 e. The Bertz CT molecular complexity index is 816. The number of likely N-dealkylation sites (tertiary alicyclic amines) is 1. The van der Waals surface area contributed by atoms with Gasteiger partial charge in [0.05, 0.1) is 20.1 Å². The Kier molecular flexibility index (Phi) is 6.13. The number of hydrogen-bond acceptors (Lipinski definition) is 6. The van der Waals surface area contributed by atoms with E-state index in [0.29, 0.717) is 35.5 Å². The van der Waals surface area contributed by atoms with Crippen molar-refractivity contribution in [3.63, 3.8) is 0 Å². The molecule has 2 N–H and O–H groups in total. The van der Waals surface area contributed by atoms with Crippen LogP contribution >= 0.6 is 11.6 Å². The molecule has 2 heterocycles. The fourth-order valence-corrected chi connectivity index (χ4v) is 3.57. The van der Waals surface area contributed by atoms with Crippen LogP contribution in [0.1, 0.15) is 17.8 Å². The highest BCUT2D eigenvalue weighted by molar-refractivity contribution is 6.31. The molecule has 1 fully saturated rings. The Hall–Kier alpha value is -2.38. The van der Waals surface area contributed by atoms with Crippen molar-refractivity contribution in [3.05, 3.63) is 46.9 Å². The van der Waals surface area contributed by atoms with E-state index in [9.17, 15) is 4.79 Å². The van der Waals surface area contributed by atoms with Gasteiger partial charge < -0.3 is 15.4 Å². The summed E-state index contributed by atoms with van der Waals surface area (Å²) in [5.74, 6) is 1.84. The molecule has 1 saturated heterocycles. The number of nitrogens with two attached hydrogens (primary N) is 1. The molecule has 144 valence electrons. The second kappa shape index (κ2) is 8.54. The zero-order valence-electron chi connectivity index (χ0n) is 15.6. The zero-order chi connectivity index (χ0) is 19.4. The average Bonchev–Trinajstić information content (AvgIpc) is 3.14. The normalized spacial score (nSPS) is 16.7. The Morgan fingerprint density at radius 2 is 2.26 bits per heavy atom. The standard InChI is InChI=1S/C19H24ClN5O2/c1-24(12-18-22-8-6-17(21)23-18)13-7-9-25(11-13)19(26)10-14-15(20)4-3-5-16(14)27-2/h3-6,8,13H,7,9-12H2,1-2H3,(H2,21,22,23)/t13-/m1/s1. The fourth-order valence-electron chi connectivity index (χ4n) is 3.34. The smallest absolute Gasteiger partial charge is 0.227 e. The summed E-state index contributed by atoms with van der Waals surface area (Å²) in [5, 5.41) is 0.550. The summed E-state index contributed by atoms with van der Waals surface area (Å²) >= 11 is 6.26. The Morgan fingerprint density at radius 1 is 1.44 bits per heavy atom. The summed E-state index contributed by atoms with van der Waals surface area (Å²) in [5.41, 5.74) is 6.45. The third-order valence-electron chi connectivity index (χ3n) is 4.88. The number of methoxy groups -OCH3 is 1. The molecule has 3 rings (SSSR count). The number of amides is 1. The molecule has 1 aliphatic rings. The van der Waals surface area contributed by atoms with E-state index < -0.39 is 0 Å². The highest BCUT2D eigenvalue weighted by Crippen LogP contribution is 2.28. The van der Waals surface area contributed by atoms with Crippen LogP contribution in [0.15, 0.2) is 30.5 Å². The zero-order valence-corrected chi connectivity index (χ0v) is 16.3. The van der Waals surface area contributed by atoms with E-state index in [2.05, 4.69) is 14.9 Å². The maximum atomic E-state index is 12.8. The van der Waals surface area contributed by atoms with Gasteiger partial charge in [0.25, 0.3) is 0 Å². The Balaban J connectivity index is 1.59. The van der Waals surface area contributed by atoms with Crippen molar-refractivity contribution in [1.29, 1.82) is 0 Å². The SMILES string of the molecule is COc1cccc(Cl)c1CC(=O)N1CC[C@@H](N(C)Cc2nccc(N)n2)C1. The van der Waals surface area contributed by atoms with Crippen LogP contribution in [0.2, 0.25) is 5.02 Å². The molecule has 0 aliphatic carbocycles. The Labute approximate surface area is 164 Å². The van der Waals surface area contributed by atoms with Gasteiger partial charge >= 0.3 is 0 Å². The van der Waals surface area contributed by atoms with Crippen molar-refractivity contribution in [3.8, 4) is 5.75 Å². The van der Waals surface area contributed by atoms with E-state index >= 15 is 0 Å². The molecule has 1 aliphatic heterocycles. The van der Waals surface area contributed by atoms with Crippen molar-refractivity contribution in [2.75, 3.05) is 33.0 Å². The number of hydrogen-bond donors (Lipinski definition) is 1. The molecule has 1 amide bonds. The number of carbonyl (C=O) groups is 1. The minimum atomic E-state index is 0.0532. The second-order valence-corrected chi connectivity index (χ2v) is 7.10. The van der Waals surface area contributed by atoms with Gasteiger partial charge in [-0.1, -0.05) is 17.7 Å². The number of rotatable bonds is 6. The van der Waals surface area contributed by atoms with Crippen LogP contribution in [0.4, 0.5) is 5.82 Å². The van der Waals surface area contributed by atoms with Crippen molar-refractivity contribution in [1.82, 2.24) is 19.8 Å². The number of benzene rings is 1. The van der Waals surface area contributed by atoms with Crippen LogP contribution in [-0.2, 0) is 17.8 Å². The Morgan fingerprint density at radius 3 is 3.00 bits per heavy atom. The number of nitrogens with zero attached hydrogens (tertiary/aromatic N) is 4. The van der Waals surface area contributed by atoms with Crippen molar-refractivity contribution in [2.24, 2.45) is 0 Å². The van der Waals surface area contributed by atoms with E-state index in [1.54, 1.807) is 25.4 Å². The maximum absolute atomic E-state index is 12.8. The molecule has 1 atom stereocenters. The molecule has 0 unspecified atom stereocenters. The third-order valence-corrected chi connectivity index (χ3v) is 5.24. The van der Waals surface area contributed by atoms with Gasteiger partial charge in [0.15, 0.2) is 0 Å². The molecular formula is C19H24ClN5O2. The van der Waals surface area contributed by atoms with Crippen LogP contribution in [0, 0.1) is 0 Å². The number of anilines is 1. The van der Waals surface area contributed by atoms with Gasteiger partial charge in [-0.2, -0.15) is 0 Å². The lowest BCUT2D eigenvalue weighted by atomic mass is 10.1. The third kappa shape index (κ3) is 4.67. The number of nitrogen functional groups attached to an aromatic ring is 1. The van der Waals surface area contributed by atoms with Gasteiger partial charge in [-0.3, -0.25) is 9.69 Å². The topological polar surface area (TPSA) is 84.6 Å². The molecule has 0 radical (unpaired) electrons. The van der Waals surface area contributed by atoms with Crippen LogP contribution < -0.4 is 10.5 Å². The van der Waals surface area contributed by atoms with Crippen LogP contribution in [0.25, 0.3) is 0 Å². The van der Waals surface area contributed by atoms with Gasteiger partial charge in [-0.05, 0) is 31.7 Å². The lowest BCUT2D eigenvalue weighted by molar-refractivity contribution is -0.129. The van der Waals surface area contributed by atoms with Gasteiger partial charge in [0.1, 0.15) is 17.4 Å². The van der Waals surface area contributed by atoms with Crippen LogP contribution in [0.3, 0.4) is 0 Å². The van der Waals surface area contributed by atoms with E-state index in [4.69, 9.17) is 22.1 Å². The molecular weight excluding hydrogens is 366 g/mol. The minimum absolute atomic E-state index is 0.0532. The predicted molar refractivity (Wildman–Crippen MR) is 105 cm³/mol. The second-order valence-electron chi connectivity index (χ2n) is 6.69. The lowest BCUT2D eigenvalue weighted by Crippen LogP contribution is -2.37. The first kappa shape index (κ1) is 19.4. The van der Waals surface area contributed by atoms with E-state index in [0.717, 1.165) is 18.5 Å². The molecule has 7 nitrogen and oxygen atoms in total. The molecule has 0 spiro atoms. The molecule has 1 aromatic heterocycles. The van der Waals surface area contributed by atoms with Crippen molar-refractivity contribution >= 4 is 23.3 Å². The average molecular weight is 390 g/mol. The molecule has 0 bridgehead atoms. The highest BCUT2D eigenvalue weighted by atomic mass is 35.5. The van der Waals surface area contributed by atoms with Gasteiger partial charge in [-0.15, -0.1) is 0 Å². The fraction of sp³-hybridized carbons (Fsp3) is 0.421. The van der Waals surface area contributed by atoms with Crippen molar-refractivity contribution < 1.29 is 9.53 Å². The van der Waals surface area contributed by atoms with Crippen LogP contribution in [-0.4, -0.2) is 59.0 Å². The molecule has 8 heteroatoms. The predicted octanol–water partition coefficient (Wildman–Crippen LogP) is 2.00. The first-order valence-electron chi connectivity index (χ1n) is 8.84. The number of ether oxygens (including phenoxy) is 1. The quantitative estimate of drug-likeness (QED) is 0.813. The van der Waals surface area contributed by atoms with E-state index in [1.807, 2.05) is 24.1 Å². The summed E-state index contributed by atoms with van der Waals surface area (Å²) in [6.07, 6.45) is 2.80. The summed E-state index contributed by atoms with van der Waals surface area (Å²) in [6, 6.07) is 7.34. The van der Waals surface area contributed by atoms with Gasteiger partial charge in [0.2, 0.25) is 5.91 Å². The number of halogens is 1. The lowest BCUT2D eigenvalue weighted by Gasteiger charge is -2.24. The molecule has 27 heavy (non-hydrogen) atoms. The summed E-state index contributed by atoms with van der Waals surface area (Å²) < 4.78 is 5.34. The van der Waals surface area contributed by atoms with Gasteiger partial charge in [-0.25, -0.2) is 9.97 Å². The van der Waals surface area contributed by atoms with Gasteiger partial charge in [0, 0.05) is 35.9 Å². The first-order chi connectivity index (χ1) is 13.0. The number of carbonyl (C=O) groups excluding carboxylic acids is 1. The van der Waals surface area contributed by atoms with E-state index in [1.165, 1.54) is 0 Å². The summed E-state index contributed by atoms with van der Waals surface area (Å²) in [6.45, 7) is 1.99. The van der Waals surface area contributed by atoms with Crippen molar-refractivity contribution in [2.45, 2.75) is 25.4 Å². The molecule has 2 aromatic rings.